The molecule has 1 rings (SSSR count). The number of nitrogens with zero attached hydrogens (tertiary/aromatic N) is 1. The van der Waals surface area contributed by atoms with Crippen molar-refractivity contribution >= 4 is 0 Å². The third-order valence-corrected chi connectivity index (χ3v) is 1.52. The minimum Gasteiger partial charge on any atom is -0.373 e. The average molecular weight is 177 g/mol. The minimum atomic E-state index is -2.35. The topological polar surface area (TPSA) is 12.5 Å². The molecule has 72 valence electrons. The van der Waals surface area contributed by atoms with Gasteiger partial charge < -0.3 is 4.74 Å². The van der Waals surface area contributed by atoms with Crippen LogP contribution in [0.1, 0.15) is 42.8 Å². The van der Waals surface area contributed by atoms with Gasteiger partial charge in [-0.2, -0.15) is 0 Å². The fourth-order valence-corrected chi connectivity index (χ4v) is 0.954. The van der Waals surface area contributed by atoms with Gasteiger partial charge in [0.25, 0.3) is 0 Å². The first kappa shape index (κ1) is 4.43. The van der Waals surface area contributed by atoms with Gasteiger partial charge in [-0.15, -0.1) is 0 Å². The zero-order chi connectivity index (χ0) is 14.8. The molecular formula is C10H21NO. The van der Waals surface area contributed by atoms with Crippen LogP contribution in [0, 0.1) is 0 Å². The summed E-state index contributed by atoms with van der Waals surface area (Å²) in [5.41, 5.74) is -0.888. The van der Waals surface area contributed by atoms with E-state index in [1.807, 2.05) is 0 Å². The van der Waals surface area contributed by atoms with Gasteiger partial charge in [-0.3, -0.25) is 4.90 Å². The van der Waals surface area contributed by atoms with Crippen molar-refractivity contribution < 1.29 is 13.0 Å². The number of rotatable bonds is 0. The van der Waals surface area contributed by atoms with Gasteiger partial charge in [-0.05, 0) is 34.6 Å². The molecule has 0 aromatic carbocycles. The highest BCUT2D eigenvalue weighted by molar-refractivity contribution is 4.82. The maximum Gasteiger partial charge on any atom is 0.0678 e. The van der Waals surface area contributed by atoms with Gasteiger partial charge in [0.2, 0.25) is 0 Å². The zero-order valence-electron chi connectivity index (χ0n) is 14.4. The molecule has 0 spiro atoms. The third kappa shape index (κ3) is 2.46. The van der Waals surface area contributed by atoms with Crippen LogP contribution >= 0.6 is 0 Å². The molecule has 0 radical (unpaired) electrons. The normalized spacial score (nSPS) is 61.8. The number of hydrogen-bond donors (Lipinski definition) is 0. The van der Waals surface area contributed by atoms with Crippen molar-refractivity contribution in [2.24, 2.45) is 0 Å². The van der Waals surface area contributed by atoms with E-state index in [4.69, 9.17) is 13.0 Å². The van der Waals surface area contributed by atoms with Crippen molar-refractivity contribution in [3.63, 3.8) is 0 Å². The molecule has 1 heterocycles. The molecule has 0 saturated carbocycles. The Bertz CT molecular complexity index is 321. The molecule has 0 aromatic rings. The molecule has 0 bridgehead atoms. The molecule has 0 amide bonds. The molecule has 2 atom stereocenters. The molecular weight excluding hydrogens is 150 g/mol. The molecule has 2 heteroatoms. The summed E-state index contributed by atoms with van der Waals surface area (Å²) in [6.45, 7) is 2.69. The quantitative estimate of drug-likeness (QED) is 0.560. The van der Waals surface area contributed by atoms with E-state index in [1.54, 1.807) is 20.8 Å². The van der Waals surface area contributed by atoms with E-state index >= 15 is 0 Å². The fourth-order valence-electron chi connectivity index (χ4n) is 0.954. The minimum absolute atomic E-state index is 0.888. The van der Waals surface area contributed by atoms with Crippen molar-refractivity contribution in [1.29, 1.82) is 0 Å². The standard InChI is InChI=1S/C10H21NO/c1-8-6-11(10(3,4)5)7-9(2)12-8/h8-9H,6-7H2,1-5H3/i6D2,7D2,8D,9D. The van der Waals surface area contributed by atoms with Crippen LogP contribution < -0.4 is 0 Å². The van der Waals surface area contributed by atoms with Gasteiger partial charge in [0.1, 0.15) is 0 Å². The lowest BCUT2D eigenvalue weighted by atomic mass is 10.0. The second kappa shape index (κ2) is 3.35. The Balaban J connectivity index is 3.48. The molecule has 1 fully saturated rings. The molecule has 1 aliphatic heterocycles. The van der Waals surface area contributed by atoms with Crippen LogP contribution in [0.25, 0.3) is 0 Å². The zero-order valence-corrected chi connectivity index (χ0v) is 8.36. The summed E-state index contributed by atoms with van der Waals surface area (Å²) in [4.78, 5) is 0.927. The number of hydrogen-bond acceptors (Lipinski definition) is 2. The molecule has 1 saturated heterocycles. The third-order valence-electron chi connectivity index (χ3n) is 1.52. The van der Waals surface area contributed by atoms with Gasteiger partial charge in [0.15, 0.2) is 0 Å². The fraction of sp³-hybridized carbons (Fsp3) is 1.00. The van der Waals surface area contributed by atoms with Crippen molar-refractivity contribution in [3.05, 3.63) is 0 Å². The maximum absolute atomic E-state index is 8.03. The lowest BCUT2D eigenvalue weighted by Gasteiger charge is -2.43. The molecule has 2 nitrogen and oxygen atoms in total. The Kier molecular flexibility index (Phi) is 1.23. The van der Waals surface area contributed by atoms with Gasteiger partial charge in [0, 0.05) is 24.0 Å². The molecule has 1 aliphatic rings. The monoisotopic (exact) mass is 177 g/mol. The van der Waals surface area contributed by atoms with Gasteiger partial charge >= 0.3 is 0 Å². The van der Waals surface area contributed by atoms with E-state index in [2.05, 4.69) is 0 Å². The second-order valence-corrected chi connectivity index (χ2v) is 3.94. The highest BCUT2D eigenvalue weighted by Gasteiger charge is 2.29. The Hall–Kier alpha value is -0.0800. The second-order valence-electron chi connectivity index (χ2n) is 3.94. The summed E-state index contributed by atoms with van der Waals surface area (Å²) in [5.74, 6) is 0. The van der Waals surface area contributed by atoms with E-state index in [0.717, 1.165) is 4.90 Å². The van der Waals surface area contributed by atoms with E-state index < -0.39 is 30.7 Å². The van der Waals surface area contributed by atoms with E-state index in [0.29, 0.717) is 0 Å². The molecule has 2 unspecified atom stereocenters. The molecule has 0 aliphatic carbocycles. The Morgan fingerprint density at radius 3 is 2.08 bits per heavy atom. The molecule has 0 aromatic heterocycles. The average Bonchev–Trinajstić information content (AvgIpc) is 1.93. The van der Waals surface area contributed by atoms with Gasteiger partial charge in [-0.25, -0.2) is 0 Å². The van der Waals surface area contributed by atoms with Gasteiger partial charge in [-0.1, -0.05) is 0 Å². The van der Waals surface area contributed by atoms with Crippen molar-refractivity contribution in [2.45, 2.75) is 52.3 Å². The number of morpholine rings is 1. The smallest absolute Gasteiger partial charge is 0.0678 e. The lowest BCUT2D eigenvalue weighted by Crippen LogP contribution is -2.53. The van der Waals surface area contributed by atoms with Gasteiger partial charge in [0.05, 0.1) is 14.9 Å². The number of ether oxygens (including phenoxy) is 1. The van der Waals surface area contributed by atoms with E-state index in [9.17, 15) is 0 Å². The highest BCUT2D eigenvalue weighted by Crippen LogP contribution is 2.19. The van der Waals surface area contributed by atoms with Crippen LogP contribution in [0.15, 0.2) is 0 Å². The summed E-state index contributed by atoms with van der Waals surface area (Å²) >= 11 is 0. The van der Waals surface area contributed by atoms with Crippen molar-refractivity contribution in [3.8, 4) is 0 Å². The SMILES string of the molecule is [2H]C1(C)OC([2H])(C)C([2H])([2H])N(C(C)(C)C)C1([2H])[2H]. The van der Waals surface area contributed by atoms with Crippen LogP contribution in [-0.2, 0) is 4.74 Å². The summed E-state index contributed by atoms with van der Waals surface area (Å²) < 4.78 is 53.1. The summed E-state index contributed by atoms with van der Waals surface area (Å²) in [7, 11) is 0. The van der Waals surface area contributed by atoms with Crippen LogP contribution in [0.4, 0.5) is 0 Å². The lowest BCUT2D eigenvalue weighted by molar-refractivity contribution is -0.0924. The Morgan fingerprint density at radius 1 is 1.33 bits per heavy atom. The Morgan fingerprint density at radius 2 is 1.75 bits per heavy atom. The largest absolute Gasteiger partial charge is 0.373 e. The van der Waals surface area contributed by atoms with Crippen LogP contribution in [0.3, 0.4) is 0 Å². The molecule has 12 heavy (non-hydrogen) atoms. The predicted molar refractivity (Wildman–Crippen MR) is 51.3 cm³/mol. The van der Waals surface area contributed by atoms with Crippen molar-refractivity contribution in [2.75, 3.05) is 13.0 Å². The predicted octanol–water partition coefficient (Wildman–Crippen LogP) is 1.89. The van der Waals surface area contributed by atoms with Crippen molar-refractivity contribution in [1.82, 2.24) is 4.90 Å². The van der Waals surface area contributed by atoms with E-state index in [1.165, 1.54) is 13.8 Å². The first-order valence-corrected chi connectivity index (χ1v) is 4.08. The summed E-state index contributed by atoms with van der Waals surface area (Å²) in [5, 5.41) is 0. The van der Waals surface area contributed by atoms with Crippen LogP contribution in [0.5, 0.6) is 0 Å². The summed E-state index contributed by atoms with van der Waals surface area (Å²) in [6.07, 6.45) is -4.05. The highest BCUT2D eigenvalue weighted by atomic mass is 16.5. The Labute approximate surface area is 84.3 Å². The molecule has 0 N–H and O–H groups in total. The van der Waals surface area contributed by atoms with E-state index in [-0.39, 0.29) is 0 Å². The van der Waals surface area contributed by atoms with Crippen LogP contribution in [-0.4, -0.2) is 35.6 Å². The maximum atomic E-state index is 8.03. The first-order chi connectivity index (χ1) is 7.57. The summed E-state index contributed by atoms with van der Waals surface area (Å²) in [6, 6.07) is 0. The van der Waals surface area contributed by atoms with Crippen LogP contribution in [0.2, 0.25) is 0 Å². The first-order valence-electron chi connectivity index (χ1n) is 7.08.